The second kappa shape index (κ2) is 5.10. The Morgan fingerprint density at radius 2 is 1.58 bits per heavy atom. The second-order valence-corrected chi connectivity index (χ2v) is 16.6. The van der Waals surface area contributed by atoms with Gasteiger partial charge in [0, 0.05) is 0 Å². The fraction of sp³-hybridized carbons (Fsp3) is 1.00. The van der Waals surface area contributed by atoms with Gasteiger partial charge in [-0.15, -0.1) is 0 Å². The van der Waals surface area contributed by atoms with Gasteiger partial charge in [0.25, 0.3) is 0 Å². The van der Waals surface area contributed by atoms with Gasteiger partial charge in [-0.2, -0.15) is 0 Å². The Hall–Kier alpha value is 0.137. The highest BCUT2D eigenvalue weighted by Gasteiger charge is 2.70. The summed E-state index contributed by atoms with van der Waals surface area (Å²) in [6, 6.07) is 0. The molecule has 2 nitrogen and oxygen atoms in total. The van der Waals surface area contributed by atoms with Crippen LogP contribution in [-0.4, -0.2) is 25.6 Å². The fourth-order valence-corrected chi connectivity index (χ4v) is 7.76. The molecule has 1 unspecified atom stereocenters. The molecular weight excluding hydrogens is 312 g/mol. The van der Waals surface area contributed by atoms with E-state index in [-0.39, 0.29) is 27.4 Å². The third-order valence-electron chi connectivity index (χ3n) is 9.04. The molecule has 3 fully saturated rings. The third-order valence-corrected chi connectivity index (χ3v) is 13.5. The molecular formula is C21H40O2Si. The first kappa shape index (κ1) is 18.9. The lowest BCUT2D eigenvalue weighted by molar-refractivity contribution is -0.0461. The number of fused-ring (bicyclic) bond motifs is 3. The average molecular weight is 353 g/mol. The van der Waals surface area contributed by atoms with Crippen molar-refractivity contribution in [3.63, 3.8) is 0 Å². The van der Waals surface area contributed by atoms with E-state index >= 15 is 0 Å². The molecule has 0 aliphatic heterocycles. The van der Waals surface area contributed by atoms with Crippen LogP contribution in [0.15, 0.2) is 0 Å². The van der Waals surface area contributed by atoms with Crippen LogP contribution in [0.4, 0.5) is 0 Å². The highest BCUT2D eigenvalue weighted by atomic mass is 28.4. The molecule has 3 aliphatic rings. The summed E-state index contributed by atoms with van der Waals surface area (Å²) in [5, 5.41) is 11.3. The SMILES string of the molecule is CC1(C)C[C@@H]2C[C@@]3(C)[C@@H](O[Si](C)(C)C(C)(C)C)CC[C@@]3(C)[C@@H]2C1O. The topological polar surface area (TPSA) is 29.5 Å². The first-order valence-corrected chi connectivity index (χ1v) is 12.9. The summed E-state index contributed by atoms with van der Waals surface area (Å²) < 4.78 is 6.96. The van der Waals surface area contributed by atoms with Gasteiger partial charge in [-0.05, 0) is 71.9 Å². The lowest BCUT2D eigenvalue weighted by Crippen LogP contribution is -2.50. The Labute approximate surface area is 150 Å². The summed E-state index contributed by atoms with van der Waals surface area (Å²) in [4.78, 5) is 0. The van der Waals surface area contributed by atoms with Gasteiger partial charge in [0.1, 0.15) is 0 Å². The molecule has 0 aromatic heterocycles. The van der Waals surface area contributed by atoms with Crippen molar-refractivity contribution in [3.8, 4) is 0 Å². The van der Waals surface area contributed by atoms with Gasteiger partial charge in [0.2, 0.25) is 0 Å². The zero-order valence-corrected chi connectivity index (χ0v) is 18.5. The number of aliphatic hydroxyl groups is 1. The lowest BCUT2D eigenvalue weighted by atomic mass is 9.63. The van der Waals surface area contributed by atoms with Gasteiger partial charge in [0.05, 0.1) is 12.2 Å². The normalized spacial score (nSPS) is 47.8. The third kappa shape index (κ3) is 2.33. The van der Waals surface area contributed by atoms with Gasteiger partial charge in [-0.25, -0.2) is 0 Å². The van der Waals surface area contributed by atoms with Gasteiger partial charge < -0.3 is 9.53 Å². The minimum Gasteiger partial charge on any atom is -0.413 e. The van der Waals surface area contributed by atoms with Crippen molar-refractivity contribution in [3.05, 3.63) is 0 Å². The lowest BCUT2D eigenvalue weighted by Gasteiger charge is -2.47. The first-order chi connectivity index (χ1) is 10.7. The molecule has 3 heteroatoms. The van der Waals surface area contributed by atoms with Crippen molar-refractivity contribution >= 4 is 8.32 Å². The number of hydrogen-bond donors (Lipinski definition) is 1. The molecule has 0 amide bonds. The summed E-state index contributed by atoms with van der Waals surface area (Å²) in [7, 11) is -1.75. The fourth-order valence-electron chi connectivity index (χ4n) is 6.32. The van der Waals surface area contributed by atoms with Gasteiger partial charge in [-0.1, -0.05) is 48.5 Å². The quantitative estimate of drug-likeness (QED) is 0.654. The van der Waals surface area contributed by atoms with Crippen molar-refractivity contribution in [2.24, 2.45) is 28.1 Å². The van der Waals surface area contributed by atoms with Crippen LogP contribution in [0.5, 0.6) is 0 Å². The van der Waals surface area contributed by atoms with Gasteiger partial charge in [-0.3, -0.25) is 0 Å². The Balaban J connectivity index is 1.88. The number of rotatable bonds is 2. The van der Waals surface area contributed by atoms with Crippen LogP contribution in [0.1, 0.15) is 74.1 Å². The number of hydrogen-bond acceptors (Lipinski definition) is 2. The summed E-state index contributed by atoms with van der Waals surface area (Å²) in [6.45, 7) is 21.3. The van der Waals surface area contributed by atoms with Crippen LogP contribution in [0.25, 0.3) is 0 Å². The molecule has 0 aromatic rings. The summed E-state index contributed by atoms with van der Waals surface area (Å²) in [5.74, 6) is 1.14. The second-order valence-electron chi connectivity index (χ2n) is 11.9. The molecule has 3 saturated carbocycles. The van der Waals surface area contributed by atoms with E-state index in [0.29, 0.717) is 17.9 Å². The smallest absolute Gasteiger partial charge is 0.192 e. The summed E-state index contributed by atoms with van der Waals surface area (Å²) >= 11 is 0. The molecule has 6 atom stereocenters. The molecule has 3 aliphatic carbocycles. The molecule has 0 spiro atoms. The molecule has 1 N–H and O–H groups in total. The van der Waals surface area contributed by atoms with Crippen molar-refractivity contribution in [2.45, 2.75) is 104 Å². The molecule has 0 aromatic carbocycles. The van der Waals surface area contributed by atoms with Crippen molar-refractivity contribution < 1.29 is 9.53 Å². The largest absolute Gasteiger partial charge is 0.413 e. The van der Waals surface area contributed by atoms with Gasteiger partial charge in [0.15, 0.2) is 8.32 Å². The Bertz CT molecular complexity index is 520. The van der Waals surface area contributed by atoms with Crippen molar-refractivity contribution in [2.75, 3.05) is 0 Å². The van der Waals surface area contributed by atoms with Crippen LogP contribution in [0.2, 0.25) is 18.1 Å². The van der Waals surface area contributed by atoms with Crippen LogP contribution in [0, 0.1) is 28.1 Å². The Morgan fingerprint density at radius 3 is 2.12 bits per heavy atom. The van der Waals surface area contributed by atoms with E-state index in [2.05, 4.69) is 61.6 Å². The monoisotopic (exact) mass is 352 g/mol. The minimum absolute atomic E-state index is 0.0814. The van der Waals surface area contributed by atoms with Crippen LogP contribution in [-0.2, 0) is 4.43 Å². The molecule has 140 valence electrons. The van der Waals surface area contributed by atoms with Crippen molar-refractivity contribution in [1.29, 1.82) is 0 Å². The van der Waals surface area contributed by atoms with E-state index in [1.54, 1.807) is 0 Å². The highest BCUT2D eigenvalue weighted by molar-refractivity contribution is 6.74. The zero-order chi connectivity index (χ0) is 18.3. The van der Waals surface area contributed by atoms with Gasteiger partial charge >= 0.3 is 0 Å². The summed E-state index contributed by atoms with van der Waals surface area (Å²) in [6.07, 6.45) is 5.04. The van der Waals surface area contributed by atoms with Crippen LogP contribution < -0.4 is 0 Å². The van der Waals surface area contributed by atoms with E-state index < -0.39 is 8.32 Å². The minimum atomic E-state index is -1.75. The van der Waals surface area contributed by atoms with Crippen LogP contribution >= 0.6 is 0 Å². The van der Waals surface area contributed by atoms with Crippen LogP contribution in [0.3, 0.4) is 0 Å². The van der Waals surface area contributed by atoms with E-state index in [4.69, 9.17) is 4.43 Å². The molecule has 0 bridgehead atoms. The van der Waals surface area contributed by atoms with Crippen molar-refractivity contribution in [1.82, 2.24) is 0 Å². The predicted molar refractivity (Wildman–Crippen MR) is 104 cm³/mol. The molecule has 0 radical (unpaired) electrons. The van der Waals surface area contributed by atoms with E-state index in [9.17, 15) is 5.11 Å². The Morgan fingerprint density at radius 1 is 1.00 bits per heavy atom. The average Bonchev–Trinajstić information content (AvgIpc) is 2.83. The molecule has 3 rings (SSSR count). The maximum atomic E-state index is 11.1. The van der Waals surface area contributed by atoms with E-state index in [1.165, 1.54) is 25.7 Å². The van der Waals surface area contributed by atoms with E-state index in [1.807, 2.05) is 0 Å². The molecule has 24 heavy (non-hydrogen) atoms. The zero-order valence-electron chi connectivity index (χ0n) is 17.5. The number of aliphatic hydroxyl groups excluding tert-OH is 1. The standard InChI is InChI=1S/C21H40O2Si/c1-18(2,3)24(8,9)23-15-10-11-20(6)16-14(13-21(15,20)7)12-19(4,5)17(16)22/h14-17,22H,10-13H2,1-9H3/t14-,15+,16+,17?,20+,21+/m1/s1. The van der Waals surface area contributed by atoms with E-state index in [0.717, 1.165) is 0 Å². The highest BCUT2D eigenvalue weighted by Crippen LogP contribution is 2.73. The summed E-state index contributed by atoms with van der Waals surface area (Å²) in [5.41, 5.74) is 0.547. The maximum absolute atomic E-state index is 11.1. The first-order valence-electron chi connectivity index (χ1n) is 10.0. The maximum Gasteiger partial charge on any atom is 0.192 e. The molecule has 0 heterocycles. The Kier molecular flexibility index (Phi) is 4.02. The predicted octanol–water partition coefficient (Wildman–Crippen LogP) is 5.61. The molecule has 0 saturated heterocycles.